The van der Waals surface area contributed by atoms with Gasteiger partial charge in [0.15, 0.2) is 6.10 Å². The van der Waals surface area contributed by atoms with Gasteiger partial charge in [0.2, 0.25) is 0 Å². The van der Waals surface area contributed by atoms with Crippen molar-refractivity contribution >= 4 is 29.2 Å². The van der Waals surface area contributed by atoms with Gasteiger partial charge in [0.25, 0.3) is 11.6 Å². The fourth-order valence-electron chi connectivity index (χ4n) is 2.70. The predicted octanol–water partition coefficient (Wildman–Crippen LogP) is 4.10. The normalized spacial score (nSPS) is 12.7. The van der Waals surface area contributed by atoms with Gasteiger partial charge in [-0.1, -0.05) is 48.9 Å². The van der Waals surface area contributed by atoms with Crippen molar-refractivity contribution in [1.82, 2.24) is 5.32 Å². The number of esters is 1. The summed E-state index contributed by atoms with van der Waals surface area (Å²) < 4.78 is 5.10. The van der Waals surface area contributed by atoms with Crippen LogP contribution in [-0.2, 0) is 9.53 Å². The van der Waals surface area contributed by atoms with E-state index in [9.17, 15) is 19.7 Å². The van der Waals surface area contributed by atoms with Crippen LogP contribution in [0.3, 0.4) is 0 Å². The number of nitro groups is 1. The average Bonchev–Trinajstić information content (AvgIpc) is 2.68. The van der Waals surface area contributed by atoms with E-state index in [1.54, 1.807) is 0 Å². The summed E-state index contributed by atoms with van der Waals surface area (Å²) in [6.07, 6.45) is -0.285. The summed E-state index contributed by atoms with van der Waals surface area (Å²) in [5.74, 6) is -1.33. The van der Waals surface area contributed by atoms with E-state index in [2.05, 4.69) is 5.32 Å². The molecule has 7 nitrogen and oxygen atoms in total. The van der Waals surface area contributed by atoms with E-state index in [1.807, 2.05) is 37.3 Å². The van der Waals surface area contributed by atoms with Gasteiger partial charge in [-0.2, -0.15) is 0 Å². The Bertz CT molecular complexity index is 857. The molecule has 0 bridgehead atoms. The third kappa shape index (κ3) is 5.53. The first kappa shape index (κ1) is 21.4. The number of hydrogen-bond donors (Lipinski definition) is 1. The van der Waals surface area contributed by atoms with Crippen LogP contribution in [0.25, 0.3) is 0 Å². The fraction of sp³-hybridized carbons (Fsp3) is 0.300. The fourth-order valence-corrected chi connectivity index (χ4v) is 2.87. The number of benzene rings is 2. The summed E-state index contributed by atoms with van der Waals surface area (Å²) >= 11 is 5.81. The molecule has 0 saturated carbocycles. The predicted molar refractivity (Wildman–Crippen MR) is 105 cm³/mol. The van der Waals surface area contributed by atoms with Crippen LogP contribution in [0.5, 0.6) is 0 Å². The molecule has 0 spiro atoms. The van der Waals surface area contributed by atoms with E-state index in [-0.39, 0.29) is 16.5 Å². The average molecular weight is 405 g/mol. The molecule has 2 aromatic carbocycles. The number of nitrogens with one attached hydrogen (secondary N) is 1. The van der Waals surface area contributed by atoms with Gasteiger partial charge in [0.05, 0.1) is 4.92 Å². The van der Waals surface area contributed by atoms with Gasteiger partial charge in [-0.25, -0.2) is 4.79 Å². The molecule has 0 aromatic heterocycles. The second kappa shape index (κ2) is 9.85. The maximum absolute atomic E-state index is 12.3. The zero-order chi connectivity index (χ0) is 20.7. The number of hydrogen-bond acceptors (Lipinski definition) is 5. The van der Waals surface area contributed by atoms with Crippen molar-refractivity contribution < 1.29 is 19.2 Å². The highest BCUT2D eigenvalue weighted by Crippen LogP contribution is 2.24. The molecular weight excluding hydrogens is 384 g/mol. The maximum atomic E-state index is 12.3. The van der Waals surface area contributed by atoms with E-state index in [1.165, 1.54) is 13.0 Å². The van der Waals surface area contributed by atoms with Crippen molar-refractivity contribution in [2.45, 2.75) is 32.3 Å². The Balaban J connectivity index is 1.99. The van der Waals surface area contributed by atoms with Crippen molar-refractivity contribution in [3.8, 4) is 0 Å². The van der Waals surface area contributed by atoms with E-state index >= 15 is 0 Å². The number of halogens is 1. The summed E-state index contributed by atoms with van der Waals surface area (Å²) in [7, 11) is 0. The number of carbonyl (C=O) groups is 2. The van der Waals surface area contributed by atoms with Gasteiger partial charge in [-0.15, -0.1) is 0 Å². The first-order valence-electron chi connectivity index (χ1n) is 8.81. The lowest BCUT2D eigenvalue weighted by molar-refractivity contribution is -0.385. The van der Waals surface area contributed by atoms with E-state index in [0.717, 1.165) is 24.1 Å². The largest absolute Gasteiger partial charge is 0.449 e. The molecule has 0 radical (unpaired) electrons. The molecule has 0 saturated heterocycles. The molecule has 0 heterocycles. The Morgan fingerprint density at radius 2 is 1.89 bits per heavy atom. The molecule has 0 aliphatic carbocycles. The molecule has 1 N–H and O–H groups in total. The standard InChI is InChI=1S/C20H21ClN2O5/c1-3-14(15-7-5-4-6-8-15)12-22-19(24)13(2)28-20(25)17-11-16(21)9-10-18(17)23(26)27/h4-11,13-14H,3,12H2,1-2H3,(H,22,24)/t13-,14+/m0/s1. The Labute approximate surface area is 167 Å². The highest BCUT2D eigenvalue weighted by molar-refractivity contribution is 6.31. The van der Waals surface area contributed by atoms with Crippen LogP contribution in [0.1, 0.15) is 42.1 Å². The summed E-state index contributed by atoms with van der Waals surface area (Å²) in [6.45, 7) is 3.82. The minimum Gasteiger partial charge on any atom is -0.449 e. The van der Waals surface area contributed by atoms with Gasteiger partial charge >= 0.3 is 5.97 Å². The quantitative estimate of drug-likeness (QED) is 0.405. The number of carbonyl (C=O) groups excluding carboxylic acids is 2. The van der Waals surface area contributed by atoms with Crippen LogP contribution in [0.4, 0.5) is 5.69 Å². The van der Waals surface area contributed by atoms with Crippen LogP contribution in [-0.4, -0.2) is 29.4 Å². The van der Waals surface area contributed by atoms with Crippen LogP contribution in [0.15, 0.2) is 48.5 Å². The lowest BCUT2D eigenvalue weighted by Crippen LogP contribution is -2.38. The zero-order valence-corrected chi connectivity index (χ0v) is 16.3. The molecule has 0 aliphatic heterocycles. The first-order chi connectivity index (χ1) is 13.3. The van der Waals surface area contributed by atoms with Crippen molar-refractivity contribution in [2.24, 2.45) is 0 Å². The van der Waals surface area contributed by atoms with Crippen molar-refractivity contribution in [3.63, 3.8) is 0 Å². The molecule has 0 fully saturated rings. The molecule has 2 atom stereocenters. The van der Waals surface area contributed by atoms with E-state index in [0.29, 0.717) is 6.54 Å². The molecule has 0 unspecified atom stereocenters. The molecule has 2 aromatic rings. The van der Waals surface area contributed by atoms with Crippen molar-refractivity contribution in [2.75, 3.05) is 6.54 Å². The smallest absolute Gasteiger partial charge is 0.345 e. The number of nitro benzene ring substituents is 1. The van der Waals surface area contributed by atoms with Crippen LogP contribution < -0.4 is 5.32 Å². The summed E-state index contributed by atoms with van der Waals surface area (Å²) in [5.41, 5.74) is 0.370. The van der Waals surface area contributed by atoms with Crippen molar-refractivity contribution in [3.05, 3.63) is 74.8 Å². The molecule has 28 heavy (non-hydrogen) atoms. The first-order valence-corrected chi connectivity index (χ1v) is 9.18. The SMILES string of the molecule is CC[C@H](CNC(=O)[C@H](C)OC(=O)c1cc(Cl)ccc1[N+](=O)[O-])c1ccccc1. The molecule has 148 valence electrons. The summed E-state index contributed by atoms with van der Waals surface area (Å²) in [4.78, 5) is 35.0. The number of amides is 1. The Morgan fingerprint density at radius 3 is 2.50 bits per heavy atom. The lowest BCUT2D eigenvalue weighted by Gasteiger charge is -2.18. The lowest BCUT2D eigenvalue weighted by atomic mass is 9.96. The van der Waals surface area contributed by atoms with E-state index in [4.69, 9.17) is 16.3 Å². The summed E-state index contributed by atoms with van der Waals surface area (Å²) in [6, 6.07) is 13.3. The van der Waals surface area contributed by atoms with Gasteiger partial charge in [0, 0.05) is 23.6 Å². The number of ether oxygens (including phenoxy) is 1. The third-order valence-corrected chi connectivity index (χ3v) is 4.55. The van der Waals surface area contributed by atoms with Gasteiger partial charge in [-0.3, -0.25) is 14.9 Å². The maximum Gasteiger partial charge on any atom is 0.345 e. The molecule has 8 heteroatoms. The second-order valence-corrected chi connectivity index (χ2v) is 6.66. The minimum absolute atomic E-state index is 0.127. The molecular formula is C20H21ClN2O5. The topological polar surface area (TPSA) is 98.5 Å². The minimum atomic E-state index is -1.11. The monoisotopic (exact) mass is 404 g/mol. The van der Waals surface area contributed by atoms with Crippen molar-refractivity contribution in [1.29, 1.82) is 0 Å². The van der Waals surface area contributed by atoms with Gasteiger partial charge in [0.1, 0.15) is 5.56 Å². The summed E-state index contributed by atoms with van der Waals surface area (Å²) in [5, 5.41) is 14.0. The number of nitrogens with zero attached hydrogens (tertiary/aromatic N) is 1. The Hall–Kier alpha value is -2.93. The Kier molecular flexibility index (Phi) is 7.52. The van der Waals surface area contributed by atoms with Crippen LogP contribution >= 0.6 is 11.6 Å². The molecule has 2 rings (SSSR count). The van der Waals surface area contributed by atoms with Gasteiger partial charge in [-0.05, 0) is 31.0 Å². The Morgan fingerprint density at radius 1 is 1.21 bits per heavy atom. The highest BCUT2D eigenvalue weighted by Gasteiger charge is 2.26. The highest BCUT2D eigenvalue weighted by atomic mass is 35.5. The second-order valence-electron chi connectivity index (χ2n) is 6.23. The third-order valence-electron chi connectivity index (χ3n) is 4.31. The van der Waals surface area contributed by atoms with Crippen LogP contribution in [0.2, 0.25) is 5.02 Å². The van der Waals surface area contributed by atoms with Crippen LogP contribution in [0, 0.1) is 10.1 Å². The van der Waals surface area contributed by atoms with E-state index < -0.39 is 28.6 Å². The molecule has 1 amide bonds. The number of rotatable bonds is 8. The van der Waals surface area contributed by atoms with Gasteiger partial charge < -0.3 is 10.1 Å². The molecule has 0 aliphatic rings. The zero-order valence-electron chi connectivity index (χ0n) is 15.6.